The fourth-order valence-corrected chi connectivity index (χ4v) is 0.694. The molecule has 13 heavy (non-hydrogen) atoms. The fourth-order valence-electron chi connectivity index (χ4n) is 0.694. The summed E-state index contributed by atoms with van der Waals surface area (Å²) in [5.41, 5.74) is 0.342. The number of hydrogen-bond donors (Lipinski definition) is 0. The lowest BCUT2D eigenvalue weighted by Gasteiger charge is -1.99. The van der Waals surface area contributed by atoms with E-state index in [1.165, 1.54) is 18.5 Å². The van der Waals surface area contributed by atoms with Gasteiger partial charge < -0.3 is 4.74 Å². The molecule has 1 aromatic rings. The van der Waals surface area contributed by atoms with E-state index in [-0.39, 0.29) is 5.75 Å². The average molecular weight is 174 g/mol. The van der Waals surface area contributed by atoms with Gasteiger partial charge in [0.05, 0.1) is 11.8 Å². The second-order valence-electron chi connectivity index (χ2n) is 2.15. The molecule has 0 unspecified atom stereocenters. The van der Waals surface area contributed by atoms with Crippen LogP contribution in [-0.2, 0) is 4.79 Å². The molecule has 0 radical (unpaired) electrons. The molecule has 0 aromatic carbocycles. The molecule has 0 saturated heterocycles. The first-order chi connectivity index (χ1) is 6.26. The van der Waals surface area contributed by atoms with Gasteiger partial charge in [-0.2, -0.15) is 5.26 Å². The first-order valence-electron chi connectivity index (χ1n) is 3.45. The molecule has 0 saturated carbocycles. The van der Waals surface area contributed by atoms with Crippen molar-refractivity contribution in [2.24, 2.45) is 0 Å². The maximum Gasteiger partial charge on any atom is 0.335 e. The van der Waals surface area contributed by atoms with Crippen LogP contribution in [0, 0.1) is 11.3 Å². The zero-order chi connectivity index (χ0) is 9.68. The summed E-state index contributed by atoms with van der Waals surface area (Å²) in [6, 6.07) is 3.30. The Bertz CT molecular complexity index is 379. The minimum atomic E-state index is -0.572. The highest BCUT2D eigenvalue weighted by Gasteiger charge is 2.00. The van der Waals surface area contributed by atoms with Crippen LogP contribution in [0.4, 0.5) is 0 Å². The van der Waals surface area contributed by atoms with Gasteiger partial charge in [0.25, 0.3) is 0 Å². The van der Waals surface area contributed by atoms with E-state index < -0.39 is 5.97 Å². The van der Waals surface area contributed by atoms with E-state index in [1.807, 2.05) is 6.07 Å². The lowest BCUT2D eigenvalue weighted by molar-refractivity contribution is -0.128. The second-order valence-corrected chi connectivity index (χ2v) is 2.15. The third kappa shape index (κ3) is 2.42. The summed E-state index contributed by atoms with van der Waals surface area (Å²) in [6.45, 7) is 3.24. The van der Waals surface area contributed by atoms with E-state index in [9.17, 15) is 4.79 Å². The lowest BCUT2D eigenvalue weighted by atomic mass is 10.3. The largest absolute Gasteiger partial charge is 0.422 e. The molecule has 0 spiro atoms. The molecule has 0 aliphatic rings. The highest BCUT2D eigenvalue weighted by molar-refractivity contribution is 5.83. The molecule has 1 aromatic heterocycles. The van der Waals surface area contributed by atoms with Gasteiger partial charge in [0.1, 0.15) is 6.07 Å². The van der Waals surface area contributed by atoms with Gasteiger partial charge in [-0.25, -0.2) is 4.79 Å². The summed E-state index contributed by atoms with van der Waals surface area (Å²) in [4.78, 5) is 14.4. The molecular weight excluding hydrogens is 168 g/mol. The van der Waals surface area contributed by atoms with Crippen LogP contribution in [0.5, 0.6) is 5.75 Å². The summed E-state index contributed by atoms with van der Waals surface area (Å²) < 4.78 is 4.74. The summed E-state index contributed by atoms with van der Waals surface area (Å²) in [5.74, 6) is -0.333. The van der Waals surface area contributed by atoms with Gasteiger partial charge in [0.15, 0.2) is 5.75 Å². The third-order valence-corrected chi connectivity index (χ3v) is 1.23. The van der Waals surface area contributed by atoms with Crippen LogP contribution in [0.25, 0.3) is 0 Å². The van der Waals surface area contributed by atoms with Crippen LogP contribution in [-0.4, -0.2) is 11.0 Å². The van der Waals surface area contributed by atoms with E-state index in [0.717, 1.165) is 6.08 Å². The maximum atomic E-state index is 10.7. The van der Waals surface area contributed by atoms with Gasteiger partial charge in [-0.1, -0.05) is 6.58 Å². The Balaban J connectivity index is 2.85. The molecule has 0 aliphatic heterocycles. The van der Waals surface area contributed by atoms with Crippen molar-refractivity contribution in [3.05, 3.63) is 36.7 Å². The van der Waals surface area contributed by atoms with Crippen LogP contribution in [0.1, 0.15) is 5.56 Å². The van der Waals surface area contributed by atoms with E-state index >= 15 is 0 Å². The van der Waals surface area contributed by atoms with Crippen molar-refractivity contribution in [2.75, 3.05) is 0 Å². The molecule has 0 atom stereocenters. The number of aromatic nitrogens is 1. The van der Waals surface area contributed by atoms with Gasteiger partial charge in [0.2, 0.25) is 0 Å². The number of carbonyl (C=O) groups excluding carboxylic acids is 1. The monoisotopic (exact) mass is 174 g/mol. The van der Waals surface area contributed by atoms with E-state index in [4.69, 9.17) is 10.00 Å². The summed E-state index contributed by atoms with van der Waals surface area (Å²) in [7, 11) is 0. The minimum Gasteiger partial charge on any atom is -0.422 e. The third-order valence-electron chi connectivity index (χ3n) is 1.23. The number of ether oxygens (including phenoxy) is 1. The van der Waals surface area contributed by atoms with Crippen LogP contribution >= 0.6 is 0 Å². The Morgan fingerprint density at radius 2 is 2.46 bits per heavy atom. The Morgan fingerprint density at radius 3 is 3.08 bits per heavy atom. The first-order valence-corrected chi connectivity index (χ1v) is 3.45. The lowest BCUT2D eigenvalue weighted by Crippen LogP contribution is -2.03. The molecule has 0 aliphatic carbocycles. The van der Waals surface area contributed by atoms with Crippen LogP contribution in [0.15, 0.2) is 31.1 Å². The van der Waals surface area contributed by atoms with Crippen molar-refractivity contribution in [2.45, 2.75) is 0 Å². The van der Waals surface area contributed by atoms with Gasteiger partial charge in [-0.05, 0) is 0 Å². The molecular formula is C9H6N2O2. The molecule has 64 valence electrons. The van der Waals surface area contributed by atoms with Crippen molar-refractivity contribution in [1.82, 2.24) is 4.98 Å². The van der Waals surface area contributed by atoms with Gasteiger partial charge in [0, 0.05) is 18.3 Å². The van der Waals surface area contributed by atoms with Crippen molar-refractivity contribution >= 4 is 5.97 Å². The Labute approximate surface area is 75.1 Å². The van der Waals surface area contributed by atoms with Crippen LogP contribution in [0.3, 0.4) is 0 Å². The molecule has 0 N–H and O–H groups in total. The zero-order valence-electron chi connectivity index (χ0n) is 6.73. The zero-order valence-corrected chi connectivity index (χ0v) is 6.73. The van der Waals surface area contributed by atoms with Crippen LogP contribution < -0.4 is 4.74 Å². The predicted molar refractivity (Wildman–Crippen MR) is 44.8 cm³/mol. The number of nitriles is 1. The number of nitrogens with zero attached hydrogens (tertiary/aromatic N) is 2. The predicted octanol–water partition coefficient (Wildman–Crippen LogP) is 1.04. The molecule has 0 bridgehead atoms. The van der Waals surface area contributed by atoms with E-state index in [0.29, 0.717) is 5.56 Å². The van der Waals surface area contributed by atoms with Crippen LogP contribution in [0.2, 0.25) is 0 Å². The molecule has 0 fully saturated rings. The highest BCUT2D eigenvalue weighted by Crippen LogP contribution is 2.10. The molecule has 1 rings (SSSR count). The summed E-state index contributed by atoms with van der Waals surface area (Å²) in [5, 5.41) is 8.50. The van der Waals surface area contributed by atoms with Crippen molar-refractivity contribution in [1.29, 1.82) is 5.26 Å². The number of pyridine rings is 1. The summed E-state index contributed by atoms with van der Waals surface area (Å²) in [6.07, 6.45) is 3.77. The number of rotatable bonds is 2. The summed E-state index contributed by atoms with van der Waals surface area (Å²) >= 11 is 0. The molecule has 4 heteroatoms. The minimum absolute atomic E-state index is 0.240. The average Bonchev–Trinajstić information content (AvgIpc) is 2.18. The Morgan fingerprint density at radius 1 is 1.69 bits per heavy atom. The Kier molecular flexibility index (Phi) is 2.77. The Hall–Kier alpha value is -2.15. The van der Waals surface area contributed by atoms with E-state index in [2.05, 4.69) is 11.6 Å². The fraction of sp³-hybridized carbons (Fsp3) is 0. The highest BCUT2D eigenvalue weighted by atomic mass is 16.5. The van der Waals surface area contributed by atoms with Gasteiger partial charge in [-0.3, -0.25) is 4.98 Å². The molecule has 0 amide bonds. The SMILES string of the molecule is C=CC(=O)Oc1cncc(C#N)c1. The van der Waals surface area contributed by atoms with Crippen molar-refractivity contribution < 1.29 is 9.53 Å². The number of carbonyl (C=O) groups is 1. The van der Waals surface area contributed by atoms with Crippen molar-refractivity contribution in [3.8, 4) is 11.8 Å². The molecule has 4 nitrogen and oxygen atoms in total. The maximum absolute atomic E-state index is 10.7. The topological polar surface area (TPSA) is 63.0 Å². The van der Waals surface area contributed by atoms with E-state index in [1.54, 1.807) is 0 Å². The first kappa shape index (κ1) is 8.94. The number of hydrogen-bond acceptors (Lipinski definition) is 4. The van der Waals surface area contributed by atoms with Crippen molar-refractivity contribution in [3.63, 3.8) is 0 Å². The molecule has 1 heterocycles. The second kappa shape index (κ2) is 4.02. The standard InChI is InChI=1S/C9H6N2O2/c1-2-9(12)13-8-3-7(4-10)5-11-6-8/h2-3,5-6H,1H2. The quantitative estimate of drug-likeness (QED) is 0.496. The smallest absolute Gasteiger partial charge is 0.335 e. The number of esters is 1. The normalized spacial score (nSPS) is 8.54. The van der Waals surface area contributed by atoms with Gasteiger partial charge >= 0.3 is 5.97 Å². The van der Waals surface area contributed by atoms with Gasteiger partial charge in [-0.15, -0.1) is 0 Å².